The van der Waals surface area contributed by atoms with E-state index in [1.54, 1.807) is 12.1 Å². The Morgan fingerprint density at radius 1 is 1.22 bits per heavy atom. The van der Waals surface area contributed by atoms with Crippen molar-refractivity contribution in [2.24, 2.45) is 0 Å². The number of halogens is 3. The molecule has 2 rings (SSSR count). The molecule has 92 valence electrons. The highest BCUT2D eigenvalue weighted by molar-refractivity contribution is 6.31. The molecule has 0 unspecified atom stereocenters. The molecule has 0 bridgehead atoms. The molecular weight excluding hydrogens is 276 g/mol. The molecule has 0 aliphatic rings. The third-order valence-corrected chi connectivity index (χ3v) is 3.08. The third kappa shape index (κ3) is 2.86. The fourth-order valence-corrected chi connectivity index (χ4v) is 1.81. The molecule has 1 heterocycles. The Hall–Kier alpha value is -1.45. The number of rotatable bonds is 3. The van der Waals surface area contributed by atoms with Crippen LogP contribution < -0.4 is 0 Å². The van der Waals surface area contributed by atoms with Gasteiger partial charge in [-0.05, 0) is 23.8 Å². The van der Waals surface area contributed by atoms with E-state index in [-0.39, 0.29) is 17.2 Å². The summed E-state index contributed by atoms with van der Waals surface area (Å²) in [6.45, 7) is 0. The van der Waals surface area contributed by atoms with E-state index in [0.717, 1.165) is 0 Å². The fraction of sp³-hybridized carbons (Fsp3) is 0.0769. The zero-order valence-electron chi connectivity index (χ0n) is 9.16. The van der Waals surface area contributed by atoms with Gasteiger partial charge in [0, 0.05) is 18.2 Å². The van der Waals surface area contributed by atoms with Crippen LogP contribution in [0.3, 0.4) is 0 Å². The van der Waals surface area contributed by atoms with Crippen molar-refractivity contribution in [2.45, 2.75) is 6.42 Å². The molecule has 0 spiro atoms. The molecule has 0 amide bonds. The second kappa shape index (κ2) is 5.46. The average molecular weight is 284 g/mol. The molecular formula is C13H8Cl2FNO. The second-order valence-corrected chi connectivity index (χ2v) is 4.45. The number of pyridine rings is 1. The van der Waals surface area contributed by atoms with E-state index in [1.807, 2.05) is 0 Å². The van der Waals surface area contributed by atoms with Gasteiger partial charge >= 0.3 is 0 Å². The molecule has 18 heavy (non-hydrogen) atoms. The molecule has 0 fully saturated rings. The zero-order chi connectivity index (χ0) is 13.1. The Bertz CT molecular complexity index is 584. The summed E-state index contributed by atoms with van der Waals surface area (Å²) in [4.78, 5) is 15.7. The molecule has 0 aliphatic carbocycles. The minimum atomic E-state index is -0.531. The summed E-state index contributed by atoms with van der Waals surface area (Å²) in [5, 5.41) is 0.295. The SMILES string of the molecule is O=C(Cc1cccc(F)c1Cl)c1ccc(Cl)nc1. The number of ketones is 1. The highest BCUT2D eigenvalue weighted by Crippen LogP contribution is 2.21. The normalized spacial score (nSPS) is 10.4. The van der Waals surface area contributed by atoms with Gasteiger partial charge in [-0.3, -0.25) is 4.79 Å². The van der Waals surface area contributed by atoms with Crippen molar-refractivity contribution >= 4 is 29.0 Å². The summed E-state index contributed by atoms with van der Waals surface area (Å²) in [7, 11) is 0. The van der Waals surface area contributed by atoms with Gasteiger partial charge in [0.25, 0.3) is 0 Å². The van der Waals surface area contributed by atoms with E-state index in [0.29, 0.717) is 16.3 Å². The van der Waals surface area contributed by atoms with Crippen molar-refractivity contribution < 1.29 is 9.18 Å². The number of hydrogen-bond acceptors (Lipinski definition) is 2. The van der Waals surface area contributed by atoms with E-state index in [2.05, 4.69) is 4.98 Å². The minimum absolute atomic E-state index is 0.0206. The van der Waals surface area contributed by atoms with Crippen LogP contribution in [0.2, 0.25) is 10.2 Å². The Morgan fingerprint density at radius 2 is 2.00 bits per heavy atom. The molecule has 0 radical (unpaired) electrons. The van der Waals surface area contributed by atoms with Crippen molar-refractivity contribution in [2.75, 3.05) is 0 Å². The summed E-state index contributed by atoms with van der Waals surface area (Å²) < 4.78 is 13.2. The van der Waals surface area contributed by atoms with Crippen LogP contribution in [0.1, 0.15) is 15.9 Å². The lowest BCUT2D eigenvalue weighted by molar-refractivity contribution is 0.0992. The first-order chi connectivity index (χ1) is 8.58. The summed E-state index contributed by atoms with van der Waals surface area (Å²) in [5.74, 6) is -0.720. The highest BCUT2D eigenvalue weighted by atomic mass is 35.5. The molecule has 0 aliphatic heterocycles. The monoisotopic (exact) mass is 283 g/mol. The van der Waals surface area contributed by atoms with Gasteiger partial charge in [-0.15, -0.1) is 0 Å². The third-order valence-electron chi connectivity index (χ3n) is 2.43. The first kappa shape index (κ1) is 13.0. The maximum Gasteiger partial charge on any atom is 0.168 e. The maximum atomic E-state index is 13.2. The molecule has 2 nitrogen and oxygen atoms in total. The van der Waals surface area contributed by atoms with Crippen LogP contribution in [0.25, 0.3) is 0 Å². The highest BCUT2D eigenvalue weighted by Gasteiger charge is 2.12. The standard InChI is InChI=1S/C13H8Cl2FNO/c14-12-5-4-9(7-17-12)11(18)6-8-2-1-3-10(16)13(8)15/h1-5,7H,6H2. The fourth-order valence-electron chi connectivity index (χ4n) is 1.50. The molecule has 1 aromatic carbocycles. The van der Waals surface area contributed by atoms with Crippen LogP contribution in [-0.4, -0.2) is 10.8 Å². The number of carbonyl (C=O) groups is 1. The lowest BCUT2D eigenvalue weighted by atomic mass is 10.0. The van der Waals surface area contributed by atoms with Crippen molar-refractivity contribution in [3.8, 4) is 0 Å². The molecule has 1 aromatic heterocycles. The van der Waals surface area contributed by atoms with E-state index < -0.39 is 5.82 Å². The second-order valence-electron chi connectivity index (χ2n) is 3.68. The number of Topliss-reactive ketones (excluding diaryl/α,β-unsaturated/α-hetero) is 1. The lowest BCUT2D eigenvalue weighted by Gasteiger charge is -2.04. The van der Waals surface area contributed by atoms with Gasteiger partial charge in [-0.1, -0.05) is 35.3 Å². The van der Waals surface area contributed by atoms with Crippen LogP contribution in [0.5, 0.6) is 0 Å². The number of carbonyl (C=O) groups excluding carboxylic acids is 1. The Balaban J connectivity index is 2.21. The molecule has 0 N–H and O–H groups in total. The van der Waals surface area contributed by atoms with Crippen molar-refractivity contribution in [3.63, 3.8) is 0 Å². The number of nitrogens with zero attached hydrogens (tertiary/aromatic N) is 1. The van der Waals surface area contributed by atoms with Gasteiger partial charge in [0.1, 0.15) is 11.0 Å². The molecule has 0 saturated heterocycles. The predicted octanol–water partition coefficient (Wildman–Crippen LogP) is 3.95. The van der Waals surface area contributed by atoms with E-state index in [1.165, 1.54) is 24.4 Å². The predicted molar refractivity (Wildman–Crippen MR) is 68.7 cm³/mol. The van der Waals surface area contributed by atoms with Gasteiger partial charge < -0.3 is 0 Å². The summed E-state index contributed by atoms with van der Waals surface area (Å²) >= 11 is 11.4. The smallest absolute Gasteiger partial charge is 0.168 e. The van der Waals surface area contributed by atoms with Crippen LogP contribution in [-0.2, 0) is 6.42 Å². The van der Waals surface area contributed by atoms with Gasteiger partial charge in [0.2, 0.25) is 0 Å². The van der Waals surface area contributed by atoms with E-state index in [4.69, 9.17) is 23.2 Å². The minimum Gasteiger partial charge on any atom is -0.294 e. The Labute approximate surface area is 113 Å². The largest absolute Gasteiger partial charge is 0.294 e. The Morgan fingerprint density at radius 3 is 2.67 bits per heavy atom. The topological polar surface area (TPSA) is 30.0 Å². The van der Waals surface area contributed by atoms with E-state index in [9.17, 15) is 9.18 Å². The van der Waals surface area contributed by atoms with Crippen LogP contribution in [0.15, 0.2) is 36.5 Å². The Kier molecular flexibility index (Phi) is 3.94. The maximum absolute atomic E-state index is 13.2. The van der Waals surface area contributed by atoms with Crippen LogP contribution in [0, 0.1) is 5.82 Å². The first-order valence-corrected chi connectivity index (χ1v) is 5.91. The molecule has 2 aromatic rings. The summed E-state index contributed by atoms with van der Waals surface area (Å²) in [6, 6.07) is 7.49. The van der Waals surface area contributed by atoms with Gasteiger partial charge in [-0.2, -0.15) is 0 Å². The van der Waals surface area contributed by atoms with Crippen molar-refractivity contribution in [1.29, 1.82) is 0 Å². The zero-order valence-corrected chi connectivity index (χ0v) is 10.7. The van der Waals surface area contributed by atoms with Gasteiger partial charge in [0.15, 0.2) is 5.78 Å². The molecule has 5 heteroatoms. The number of benzene rings is 1. The average Bonchev–Trinajstić information content (AvgIpc) is 2.36. The van der Waals surface area contributed by atoms with Crippen molar-refractivity contribution in [1.82, 2.24) is 4.98 Å². The first-order valence-electron chi connectivity index (χ1n) is 5.15. The summed E-state index contributed by atoms with van der Waals surface area (Å²) in [5.41, 5.74) is 0.872. The molecule has 0 atom stereocenters. The number of aromatic nitrogens is 1. The summed E-state index contributed by atoms with van der Waals surface area (Å²) in [6.07, 6.45) is 1.41. The molecule has 0 saturated carbocycles. The van der Waals surface area contributed by atoms with Crippen LogP contribution in [0.4, 0.5) is 4.39 Å². The van der Waals surface area contributed by atoms with E-state index >= 15 is 0 Å². The number of hydrogen-bond donors (Lipinski definition) is 0. The lowest BCUT2D eigenvalue weighted by Crippen LogP contribution is -2.05. The van der Waals surface area contributed by atoms with Crippen LogP contribution >= 0.6 is 23.2 Å². The van der Waals surface area contributed by atoms with Crippen molar-refractivity contribution in [3.05, 3.63) is 63.6 Å². The quantitative estimate of drug-likeness (QED) is 0.631. The van der Waals surface area contributed by atoms with Gasteiger partial charge in [-0.25, -0.2) is 9.37 Å². The van der Waals surface area contributed by atoms with Gasteiger partial charge in [0.05, 0.1) is 5.02 Å².